The topological polar surface area (TPSA) is 121 Å². The second kappa shape index (κ2) is 5.48. The van der Waals surface area contributed by atoms with Crippen molar-refractivity contribution in [2.24, 2.45) is 0 Å². The van der Waals surface area contributed by atoms with E-state index < -0.39 is 24.9 Å². The third kappa shape index (κ3) is 2.65. The maximum Gasteiger partial charge on any atom is 0.380 e. The van der Waals surface area contributed by atoms with Gasteiger partial charge in [-0.25, -0.2) is 4.98 Å². The monoisotopic (exact) mass is 314 g/mol. The number of nitrogens with zero attached hydrogens (tertiary/aromatic N) is 2. The Hall–Kier alpha value is -1.89. The van der Waals surface area contributed by atoms with Gasteiger partial charge >= 0.3 is 13.6 Å². The predicted molar refractivity (Wildman–Crippen MR) is 74.1 cm³/mol. The molecule has 0 bridgehead atoms. The maximum absolute atomic E-state index is 11.5. The number of aromatic nitrogens is 2. The number of rotatable bonds is 5. The van der Waals surface area contributed by atoms with Gasteiger partial charge < -0.3 is 19.6 Å². The second-order valence-electron chi connectivity index (χ2n) is 4.43. The van der Waals surface area contributed by atoms with Gasteiger partial charge in [0.25, 0.3) is 0 Å². The van der Waals surface area contributed by atoms with Crippen molar-refractivity contribution in [2.75, 3.05) is 7.11 Å². The summed E-state index contributed by atoms with van der Waals surface area (Å²) in [6.07, 6.45) is 0.320. The molecular formula is C12H15N2O6P. The van der Waals surface area contributed by atoms with E-state index in [0.717, 1.165) is 0 Å². The number of ether oxygens (including phenoxy) is 1. The predicted octanol–water partition coefficient (Wildman–Crippen LogP) is 0.724. The fraction of sp³-hybridized carbons (Fsp3) is 0.333. The molecule has 0 radical (unpaired) electrons. The number of aliphatic carboxylic acids is 1. The van der Waals surface area contributed by atoms with Crippen LogP contribution in [0.4, 0.5) is 0 Å². The number of carboxylic acids is 1. The summed E-state index contributed by atoms with van der Waals surface area (Å²) in [7, 11) is -3.38. The molecule has 8 nitrogen and oxygen atoms in total. The molecule has 1 unspecified atom stereocenters. The minimum absolute atomic E-state index is 0.145. The number of fused-ring (bicyclic) bond motifs is 1. The van der Waals surface area contributed by atoms with Crippen molar-refractivity contribution in [3.63, 3.8) is 0 Å². The molecule has 9 heteroatoms. The number of methoxy groups -OCH3 is 1. The van der Waals surface area contributed by atoms with Gasteiger partial charge in [0.2, 0.25) is 11.3 Å². The summed E-state index contributed by atoms with van der Waals surface area (Å²) < 4.78 is 17.9. The molecule has 0 saturated carbocycles. The highest BCUT2D eigenvalue weighted by Gasteiger charge is 2.31. The van der Waals surface area contributed by atoms with Gasteiger partial charge in [-0.2, -0.15) is 0 Å². The third-order valence-electron chi connectivity index (χ3n) is 3.15. The molecule has 3 N–H and O–H groups in total. The molecule has 0 amide bonds. The van der Waals surface area contributed by atoms with E-state index >= 15 is 0 Å². The second-order valence-corrected chi connectivity index (χ2v) is 5.94. The van der Waals surface area contributed by atoms with E-state index in [2.05, 4.69) is 4.98 Å². The smallest absolute Gasteiger partial charge is 0.380 e. The van der Waals surface area contributed by atoms with Gasteiger partial charge in [0.05, 0.1) is 13.0 Å². The van der Waals surface area contributed by atoms with E-state index in [-0.39, 0.29) is 11.5 Å². The maximum atomic E-state index is 11.5. The first-order valence-electron chi connectivity index (χ1n) is 6.15. The van der Waals surface area contributed by atoms with Gasteiger partial charge in [0.1, 0.15) is 5.65 Å². The van der Waals surface area contributed by atoms with Crippen molar-refractivity contribution in [1.82, 2.24) is 9.38 Å². The highest BCUT2D eigenvalue weighted by molar-refractivity contribution is 7.60. The zero-order valence-electron chi connectivity index (χ0n) is 11.4. The molecule has 2 heterocycles. The number of hydrogen-bond acceptors (Lipinski definition) is 4. The van der Waals surface area contributed by atoms with Gasteiger partial charge in [0.15, 0.2) is 0 Å². The van der Waals surface area contributed by atoms with Crippen LogP contribution in [0.3, 0.4) is 0 Å². The Morgan fingerprint density at radius 3 is 2.62 bits per heavy atom. The number of imidazole rings is 1. The van der Waals surface area contributed by atoms with Crippen LogP contribution in [0.2, 0.25) is 0 Å². The van der Waals surface area contributed by atoms with Crippen LogP contribution in [0.5, 0.6) is 5.88 Å². The van der Waals surface area contributed by atoms with Gasteiger partial charge in [-0.15, -0.1) is 0 Å². The molecule has 114 valence electrons. The molecule has 0 aliphatic heterocycles. The zero-order valence-corrected chi connectivity index (χ0v) is 12.3. The Labute approximate surface area is 120 Å². The average molecular weight is 314 g/mol. The van der Waals surface area contributed by atoms with Crippen molar-refractivity contribution in [3.8, 4) is 5.88 Å². The summed E-state index contributed by atoms with van der Waals surface area (Å²) in [5.41, 5.74) is 0.0756. The van der Waals surface area contributed by atoms with Crippen LogP contribution in [-0.4, -0.2) is 37.4 Å². The molecule has 0 spiro atoms. The SMILES string of the molecule is CCC(C(=O)O)c1cccc2nc(P(=O)(O)O)c(OC)n12. The molecule has 21 heavy (non-hydrogen) atoms. The quantitative estimate of drug-likeness (QED) is 0.695. The Balaban J connectivity index is 2.83. The largest absolute Gasteiger partial charge is 0.481 e. The lowest BCUT2D eigenvalue weighted by molar-refractivity contribution is -0.139. The molecular weight excluding hydrogens is 299 g/mol. The highest BCUT2D eigenvalue weighted by Crippen LogP contribution is 2.38. The van der Waals surface area contributed by atoms with Crippen molar-refractivity contribution < 1.29 is 29.0 Å². The fourth-order valence-corrected chi connectivity index (χ4v) is 2.91. The summed E-state index contributed by atoms with van der Waals surface area (Å²) in [5.74, 6) is -2.01. The minimum atomic E-state index is -4.63. The number of hydrogen-bond donors (Lipinski definition) is 3. The van der Waals surface area contributed by atoms with Crippen molar-refractivity contribution in [3.05, 3.63) is 23.9 Å². The van der Waals surface area contributed by atoms with Crippen LogP contribution >= 0.6 is 7.60 Å². The average Bonchev–Trinajstić information content (AvgIpc) is 2.78. The van der Waals surface area contributed by atoms with Crippen LogP contribution in [-0.2, 0) is 9.36 Å². The van der Waals surface area contributed by atoms with Crippen molar-refractivity contribution in [1.29, 1.82) is 0 Å². The van der Waals surface area contributed by atoms with Crippen LogP contribution < -0.4 is 10.2 Å². The summed E-state index contributed by atoms with van der Waals surface area (Å²) in [5, 5.41) is 9.29. The molecule has 0 aliphatic carbocycles. The molecule has 2 rings (SSSR count). The molecule has 0 fully saturated rings. The lowest BCUT2D eigenvalue weighted by Gasteiger charge is -2.14. The van der Waals surface area contributed by atoms with E-state index in [1.54, 1.807) is 19.1 Å². The Morgan fingerprint density at radius 1 is 1.48 bits per heavy atom. The first-order valence-corrected chi connectivity index (χ1v) is 7.76. The lowest BCUT2D eigenvalue weighted by atomic mass is 10.0. The van der Waals surface area contributed by atoms with E-state index in [1.807, 2.05) is 0 Å². The normalized spacial score (nSPS) is 13.3. The summed E-state index contributed by atoms with van der Waals surface area (Å²) in [6, 6.07) is 4.69. The molecule has 0 aromatic carbocycles. The Bertz CT molecular complexity index is 735. The van der Waals surface area contributed by atoms with Crippen molar-refractivity contribution in [2.45, 2.75) is 19.3 Å². The highest BCUT2D eigenvalue weighted by atomic mass is 31.2. The van der Waals surface area contributed by atoms with Crippen LogP contribution in [0, 0.1) is 0 Å². The summed E-state index contributed by atoms with van der Waals surface area (Å²) in [6.45, 7) is 1.71. The molecule has 0 aliphatic rings. The first-order chi connectivity index (χ1) is 9.81. The zero-order chi connectivity index (χ0) is 15.8. The minimum Gasteiger partial charge on any atom is -0.481 e. The van der Waals surface area contributed by atoms with Crippen molar-refractivity contribution >= 4 is 24.6 Å². The molecule has 2 aromatic heterocycles. The molecule has 2 aromatic rings. The summed E-state index contributed by atoms with van der Waals surface area (Å²) in [4.78, 5) is 33.9. The van der Waals surface area contributed by atoms with Crippen LogP contribution in [0.25, 0.3) is 5.65 Å². The lowest BCUT2D eigenvalue weighted by Crippen LogP contribution is -2.15. The van der Waals surface area contributed by atoms with E-state index in [1.165, 1.54) is 17.6 Å². The molecule has 1 atom stereocenters. The number of pyridine rings is 1. The molecule has 0 saturated heterocycles. The van der Waals surface area contributed by atoms with Gasteiger partial charge in [-0.05, 0) is 18.6 Å². The first kappa shape index (κ1) is 15.5. The standard InChI is InChI=1S/C12H15N2O6P/c1-3-7(12(15)16)8-5-4-6-9-13-10(21(17,18)19)11(20-2)14(8)9/h4-7H,3H2,1-2H3,(H,15,16)(H2,17,18,19). The van der Waals surface area contributed by atoms with Gasteiger partial charge in [-0.3, -0.25) is 13.8 Å². The Morgan fingerprint density at radius 2 is 2.14 bits per heavy atom. The van der Waals surface area contributed by atoms with Gasteiger partial charge in [0, 0.05) is 5.69 Å². The van der Waals surface area contributed by atoms with E-state index in [0.29, 0.717) is 12.1 Å². The van der Waals surface area contributed by atoms with E-state index in [9.17, 15) is 24.3 Å². The Kier molecular flexibility index (Phi) is 4.04. The van der Waals surface area contributed by atoms with Gasteiger partial charge in [-0.1, -0.05) is 13.0 Å². The number of carboxylic acid groups (broad SMARTS) is 1. The summed E-state index contributed by atoms with van der Waals surface area (Å²) >= 11 is 0. The van der Waals surface area contributed by atoms with E-state index in [4.69, 9.17) is 4.74 Å². The third-order valence-corrected chi connectivity index (χ3v) is 3.99. The fourth-order valence-electron chi connectivity index (χ4n) is 2.23. The number of carbonyl (C=O) groups is 1. The van der Waals surface area contributed by atoms with Crippen LogP contribution in [0.1, 0.15) is 25.0 Å². The van der Waals surface area contributed by atoms with Crippen LogP contribution in [0.15, 0.2) is 18.2 Å².